The summed E-state index contributed by atoms with van der Waals surface area (Å²) in [6, 6.07) is 4.38. The molecule has 130 valence electrons. The van der Waals surface area contributed by atoms with Crippen LogP contribution in [-0.4, -0.2) is 13.0 Å². The van der Waals surface area contributed by atoms with Crippen molar-refractivity contribution in [3.05, 3.63) is 23.3 Å². The van der Waals surface area contributed by atoms with Gasteiger partial charge in [0.05, 0.1) is 12.8 Å². The van der Waals surface area contributed by atoms with Crippen LogP contribution in [0.25, 0.3) is 0 Å². The number of aryl methyl sites for hydroxylation is 1. The molecule has 3 heteroatoms. The minimum absolute atomic E-state index is 0.0404. The van der Waals surface area contributed by atoms with E-state index in [9.17, 15) is 4.79 Å². The van der Waals surface area contributed by atoms with Gasteiger partial charge in [0, 0.05) is 6.92 Å². The Balaban J connectivity index is 1.70. The average Bonchev–Trinajstić information content (AvgIpc) is 2.95. The lowest BCUT2D eigenvalue weighted by Gasteiger charge is -2.49. The van der Waals surface area contributed by atoms with Crippen LogP contribution in [-0.2, 0) is 11.2 Å². The molecule has 1 N–H and O–H groups in total. The predicted octanol–water partition coefficient (Wildman–Crippen LogP) is 4.90. The van der Waals surface area contributed by atoms with E-state index in [1.54, 1.807) is 14.0 Å². The van der Waals surface area contributed by atoms with Gasteiger partial charge < -0.3 is 10.1 Å². The lowest BCUT2D eigenvalue weighted by Crippen LogP contribution is -2.39. The van der Waals surface area contributed by atoms with Crippen LogP contribution in [0.15, 0.2) is 12.1 Å². The van der Waals surface area contributed by atoms with Gasteiger partial charge in [-0.1, -0.05) is 13.3 Å². The van der Waals surface area contributed by atoms with Crippen LogP contribution in [0.3, 0.4) is 0 Å². The standard InChI is InChI=1S/C21H29NO2/c1-13(23)22-19-11-14-6-7-16-15(17(14)12-20(19)24-3)8-10-21(2)9-4-5-18(16)21/h11-12,15-16,18H,4-10H2,1-3H3,(H,22,23)/t15-,16+,18-,21-/m0/s1. The van der Waals surface area contributed by atoms with Gasteiger partial charge in [0.15, 0.2) is 0 Å². The molecule has 0 bridgehead atoms. The molecule has 0 heterocycles. The molecule has 1 aromatic carbocycles. The molecule has 0 aliphatic heterocycles. The number of fused-ring (bicyclic) bond motifs is 5. The van der Waals surface area contributed by atoms with Crippen molar-refractivity contribution >= 4 is 11.6 Å². The largest absolute Gasteiger partial charge is 0.495 e. The lowest BCUT2D eigenvalue weighted by molar-refractivity contribution is -0.114. The SMILES string of the molecule is COc1cc2c(cc1NC(C)=O)CC[C@@H]1[C@@H]2CC[C@]2(C)CCC[C@@H]12. The smallest absolute Gasteiger partial charge is 0.221 e. The first-order chi connectivity index (χ1) is 11.5. The molecule has 1 aromatic rings. The number of benzene rings is 1. The molecule has 0 aromatic heterocycles. The number of carbonyl (C=O) groups excluding carboxylic acids is 1. The Morgan fingerprint density at radius 1 is 1.25 bits per heavy atom. The molecule has 2 fully saturated rings. The quantitative estimate of drug-likeness (QED) is 0.839. The highest BCUT2D eigenvalue weighted by molar-refractivity contribution is 5.90. The summed E-state index contributed by atoms with van der Waals surface area (Å²) in [6.45, 7) is 4.09. The zero-order valence-corrected chi connectivity index (χ0v) is 15.2. The number of carbonyl (C=O) groups is 1. The van der Waals surface area contributed by atoms with Gasteiger partial charge in [0.2, 0.25) is 5.91 Å². The number of nitrogens with one attached hydrogen (secondary N) is 1. The normalized spacial score (nSPS) is 34.0. The van der Waals surface area contributed by atoms with E-state index < -0.39 is 0 Å². The Morgan fingerprint density at radius 3 is 2.83 bits per heavy atom. The highest BCUT2D eigenvalue weighted by atomic mass is 16.5. The first-order valence-corrected chi connectivity index (χ1v) is 9.50. The summed E-state index contributed by atoms with van der Waals surface area (Å²) in [6.07, 6.45) is 9.40. The molecule has 2 saturated carbocycles. The van der Waals surface area contributed by atoms with E-state index in [1.165, 1.54) is 49.7 Å². The first kappa shape index (κ1) is 16.0. The van der Waals surface area contributed by atoms with Gasteiger partial charge in [-0.25, -0.2) is 0 Å². The Morgan fingerprint density at radius 2 is 2.08 bits per heavy atom. The molecule has 3 aliphatic carbocycles. The van der Waals surface area contributed by atoms with E-state index in [0.717, 1.165) is 29.7 Å². The van der Waals surface area contributed by atoms with Crippen LogP contribution in [0, 0.1) is 17.3 Å². The van der Waals surface area contributed by atoms with Crippen LogP contribution in [0.5, 0.6) is 5.75 Å². The van der Waals surface area contributed by atoms with Crippen molar-refractivity contribution in [1.82, 2.24) is 0 Å². The van der Waals surface area contributed by atoms with Crippen LogP contribution >= 0.6 is 0 Å². The number of hydrogen-bond acceptors (Lipinski definition) is 2. The van der Waals surface area contributed by atoms with Gasteiger partial charge in [-0.05, 0) is 85.0 Å². The summed E-state index contributed by atoms with van der Waals surface area (Å²) in [5.74, 6) is 3.20. The van der Waals surface area contributed by atoms with E-state index in [0.29, 0.717) is 11.3 Å². The molecular weight excluding hydrogens is 298 g/mol. The number of hydrogen-bond donors (Lipinski definition) is 1. The first-order valence-electron chi connectivity index (χ1n) is 9.50. The van der Waals surface area contributed by atoms with Crippen molar-refractivity contribution in [2.45, 2.75) is 64.7 Å². The number of anilines is 1. The molecule has 3 aliphatic rings. The van der Waals surface area contributed by atoms with Crippen LogP contribution in [0.4, 0.5) is 5.69 Å². The maximum absolute atomic E-state index is 11.5. The number of rotatable bonds is 2. The van der Waals surface area contributed by atoms with Crippen molar-refractivity contribution in [3.63, 3.8) is 0 Å². The lowest BCUT2D eigenvalue weighted by atomic mass is 9.56. The van der Waals surface area contributed by atoms with Crippen LogP contribution < -0.4 is 10.1 Å². The maximum atomic E-state index is 11.5. The summed E-state index contributed by atoms with van der Waals surface area (Å²) in [7, 11) is 1.70. The maximum Gasteiger partial charge on any atom is 0.221 e. The van der Waals surface area contributed by atoms with Crippen molar-refractivity contribution in [2.75, 3.05) is 12.4 Å². The monoisotopic (exact) mass is 327 g/mol. The van der Waals surface area contributed by atoms with Gasteiger partial charge in [-0.2, -0.15) is 0 Å². The minimum Gasteiger partial charge on any atom is -0.495 e. The van der Waals surface area contributed by atoms with E-state index >= 15 is 0 Å². The van der Waals surface area contributed by atoms with Gasteiger partial charge in [0.1, 0.15) is 5.75 Å². The summed E-state index contributed by atoms with van der Waals surface area (Å²) in [4.78, 5) is 11.5. The van der Waals surface area contributed by atoms with Crippen molar-refractivity contribution in [3.8, 4) is 5.75 Å². The second-order valence-electron chi connectivity index (χ2n) is 8.43. The zero-order chi connectivity index (χ0) is 16.9. The third-order valence-corrected chi connectivity index (χ3v) is 7.14. The Labute approximate surface area is 145 Å². The average molecular weight is 327 g/mol. The molecule has 0 saturated heterocycles. The topological polar surface area (TPSA) is 38.3 Å². The fourth-order valence-electron chi connectivity index (χ4n) is 6.05. The van der Waals surface area contributed by atoms with E-state index in [2.05, 4.69) is 24.4 Å². The number of methoxy groups -OCH3 is 1. The highest BCUT2D eigenvalue weighted by Gasteiger charge is 2.50. The second-order valence-corrected chi connectivity index (χ2v) is 8.43. The van der Waals surface area contributed by atoms with Crippen LogP contribution in [0.1, 0.15) is 69.4 Å². The van der Waals surface area contributed by atoms with Crippen molar-refractivity contribution in [2.24, 2.45) is 17.3 Å². The fourth-order valence-corrected chi connectivity index (χ4v) is 6.05. The molecule has 0 radical (unpaired) electrons. The summed E-state index contributed by atoms with van der Waals surface area (Å²) in [5, 5.41) is 2.93. The van der Waals surface area contributed by atoms with Gasteiger partial charge in [-0.3, -0.25) is 4.79 Å². The molecule has 0 unspecified atom stereocenters. The van der Waals surface area contributed by atoms with Crippen molar-refractivity contribution < 1.29 is 9.53 Å². The zero-order valence-electron chi connectivity index (χ0n) is 15.2. The molecule has 1 amide bonds. The van der Waals surface area contributed by atoms with E-state index in [4.69, 9.17) is 4.74 Å². The van der Waals surface area contributed by atoms with Crippen molar-refractivity contribution in [1.29, 1.82) is 0 Å². The summed E-state index contributed by atoms with van der Waals surface area (Å²) >= 11 is 0. The predicted molar refractivity (Wildman–Crippen MR) is 96.5 cm³/mol. The molecule has 3 nitrogen and oxygen atoms in total. The van der Waals surface area contributed by atoms with Gasteiger partial charge in [-0.15, -0.1) is 0 Å². The Hall–Kier alpha value is -1.51. The molecule has 4 rings (SSSR count). The fraction of sp³-hybridized carbons (Fsp3) is 0.667. The summed E-state index contributed by atoms with van der Waals surface area (Å²) < 4.78 is 5.58. The summed E-state index contributed by atoms with van der Waals surface area (Å²) in [5.41, 5.74) is 4.33. The second kappa shape index (κ2) is 5.79. The van der Waals surface area contributed by atoms with E-state index in [-0.39, 0.29) is 5.91 Å². The van der Waals surface area contributed by atoms with Gasteiger partial charge in [0.25, 0.3) is 0 Å². The Kier molecular flexibility index (Phi) is 3.85. The highest BCUT2D eigenvalue weighted by Crippen LogP contribution is 2.61. The molecular formula is C21H29NO2. The molecule has 0 spiro atoms. The Bertz CT molecular complexity index is 668. The third kappa shape index (κ3) is 2.44. The minimum atomic E-state index is -0.0404. The number of ether oxygens (including phenoxy) is 1. The molecule has 24 heavy (non-hydrogen) atoms. The van der Waals surface area contributed by atoms with Gasteiger partial charge >= 0.3 is 0 Å². The number of amides is 1. The molecule has 4 atom stereocenters. The third-order valence-electron chi connectivity index (χ3n) is 7.14. The van der Waals surface area contributed by atoms with E-state index in [1.807, 2.05) is 0 Å². The van der Waals surface area contributed by atoms with Crippen LogP contribution in [0.2, 0.25) is 0 Å².